The van der Waals surface area contributed by atoms with Gasteiger partial charge in [0.2, 0.25) is 10.0 Å². The van der Waals surface area contributed by atoms with E-state index in [-0.39, 0.29) is 18.1 Å². The quantitative estimate of drug-likeness (QED) is 0.661. The van der Waals surface area contributed by atoms with Crippen LogP contribution < -0.4 is 15.8 Å². The number of rotatable bonds is 6. The van der Waals surface area contributed by atoms with Gasteiger partial charge >= 0.3 is 0 Å². The third kappa shape index (κ3) is 5.64. The van der Waals surface area contributed by atoms with Crippen LogP contribution in [0.25, 0.3) is 0 Å². The summed E-state index contributed by atoms with van der Waals surface area (Å²) in [5, 5.41) is 2.64. The van der Waals surface area contributed by atoms with Crippen LogP contribution in [0.3, 0.4) is 0 Å². The Kier molecular flexibility index (Phi) is 5.21. The average molecular weight is 300 g/mol. The van der Waals surface area contributed by atoms with Gasteiger partial charge in [-0.15, -0.1) is 0 Å². The summed E-state index contributed by atoms with van der Waals surface area (Å²) < 4.78 is 24.8. The average Bonchev–Trinajstić information content (AvgIpc) is 2.33. The number of nitrogens with one attached hydrogen (secondary N) is 2. The molecule has 4 N–H and O–H groups in total. The molecule has 1 aromatic heterocycles. The van der Waals surface area contributed by atoms with Gasteiger partial charge in [0, 0.05) is 24.8 Å². The number of sulfonamides is 1. The van der Waals surface area contributed by atoms with Crippen molar-refractivity contribution in [1.29, 1.82) is 0 Å². The lowest BCUT2D eigenvalue weighted by Crippen LogP contribution is -2.51. The van der Waals surface area contributed by atoms with Gasteiger partial charge in [0.15, 0.2) is 0 Å². The standard InChI is InChI=1S/C12H20N4O3S/c1-12(2,16-20(3,18)19)8-15-11(17)10-5-4-9(6-13)7-14-10/h4-5,7,16H,6,8,13H2,1-3H3,(H,15,17). The monoisotopic (exact) mass is 300 g/mol. The molecular formula is C12H20N4O3S. The van der Waals surface area contributed by atoms with Gasteiger partial charge in [-0.05, 0) is 25.5 Å². The van der Waals surface area contributed by atoms with Gasteiger partial charge in [-0.1, -0.05) is 6.07 Å². The molecule has 0 saturated carbocycles. The van der Waals surface area contributed by atoms with Gasteiger partial charge in [-0.2, -0.15) is 0 Å². The molecule has 0 saturated heterocycles. The van der Waals surface area contributed by atoms with Crippen LogP contribution in [0.2, 0.25) is 0 Å². The second kappa shape index (κ2) is 6.29. The summed E-state index contributed by atoms with van der Waals surface area (Å²) in [5.41, 5.74) is 5.76. The van der Waals surface area contributed by atoms with Crippen molar-refractivity contribution < 1.29 is 13.2 Å². The van der Waals surface area contributed by atoms with Crippen molar-refractivity contribution in [1.82, 2.24) is 15.0 Å². The maximum Gasteiger partial charge on any atom is 0.269 e. The summed E-state index contributed by atoms with van der Waals surface area (Å²) in [7, 11) is -3.33. The molecule has 1 heterocycles. The molecular weight excluding hydrogens is 280 g/mol. The SMILES string of the molecule is CC(C)(CNC(=O)c1ccc(CN)cn1)NS(C)(=O)=O. The first-order valence-electron chi connectivity index (χ1n) is 6.05. The van der Waals surface area contributed by atoms with Gasteiger partial charge in [0.05, 0.1) is 6.26 Å². The number of carbonyl (C=O) groups is 1. The Balaban J connectivity index is 2.62. The van der Waals surface area contributed by atoms with Crippen LogP contribution in [0.5, 0.6) is 0 Å². The highest BCUT2D eigenvalue weighted by atomic mass is 32.2. The summed E-state index contributed by atoms with van der Waals surface area (Å²) in [4.78, 5) is 15.9. The Hall–Kier alpha value is -1.51. The van der Waals surface area contributed by atoms with Crippen molar-refractivity contribution in [3.63, 3.8) is 0 Å². The zero-order valence-electron chi connectivity index (χ0n) is 11.8. The first-order valence-corrected chi connectivity index (χ1v) is 7.94. The first kappa shape index (κ1) is 16.5. The molecule has 20 heavy (non-hydrogen) atoms. The molecule has 0 aliphatic heterocycles. The molecule has 0 atom stereocenters. The molecule has 1 amide bonds. The maximum absolute atomic E-state index is 11.9. The summed E-state index contributed by atoms with van der Waals surface area (Å²) in [6, 6.07) is 3.30. The number of carbonyl (C=O) groups excluding carboxylic acids is 1. The normalized spacial score (nSPS) is 12.2. The van der Waals surface area contributed by atoms with E-state index in [2.05, 4.69) is 15.0 Å². The fourth-order valence-corrected chi connectivity index (χ4v) is 2.69. The van der Waals surface area contributed by atoms with Gasteiger partial charge in [-0.25, -0.2) is 13.1 Å². The molecule has 0 radical (unpaired) electrons. The lowest BCUT2D eigenvalue weighted by molar-refractivity contribution is 0.0939. The van der Waals surface area contributed by atoms with Crippen molar-refractivity contribution in [2.45, 2.75) is 25.9 Å². The predicted molar refractivity (Wildman–Crippen MR) is 76.5 cm³/mol. The van der Waals surface area contributed by atoms with Crippen molar-refractivity contribution in [2.24, 2.45) is 5.73 Å². The van der Waals surface area contributed by atoms with Crippen LogP contribution in [-0.2, 0) is 16.6 Å². The van der Waals surface area contributed by atoms with E-state index < -0.39 is 15.6 Å². The van der Waals surface area contributed by atoms with Crippen LogP contribution >= 0.6 is 0 Å². The van der Waals surface area contributed by atoms with E-state index in [1.165, 1.54) is 6.20 Å². The number of amides is 1. The van der Waals surface area contributed by atoms with Crippen LogP contribution in [-0.4, -0.2) is 37.6 Å². The second-order valence-corrected chi connectivity index (χ2v) is 6.95. The summed E-state index contributed by atoms with van der Waals surface area (Å²) in [6.07, 6.45) is 2.61. The summed E-state index contributed by atoms with van der Waals surface area (Å²) >= 11 is 0. The van der Waals surface area contributed by atoms with Crippen LogP contribution in [0.15, 0.2) is 18.3 Å². The zero-order chi connectivity index (χ0) is 15.4. The zero-order valence-corrected chi connectivity index (χ0v) is 12.6. The van der Waals surface area contributed by atoms with Crippen molar-refractivity contribution >= 4 is 15.9 Å². The molecule has 0 unspecified atom stereocenters. The molecule has 0 aromatic carbocycles. The van der Waals surface area contributed by atoms with Gasteiger partial charge < -0.3 is 11.1 Å². The summed E-state index contributed by atoms with van der Waals surface area (Å²) in [5.74, 6) is -0.364. The lowest BCUT2D eigenvalue weighted by Gasteiger charge is -2.25. The highest BCUT2D eigenvalue weighted by Gasteiger charge is 2.23. The van der Waals surface area contributed by atoms with Crippen molar-refractivity contribution in [3.8, 4) is 0 Å². The molecule has 0 aliphatic rings. The lowest BCUT2D eigenvalue weighted by atomic mass is 10.1. The Morgan fingerprint density at radius 1 is 1.40 bits per heavy atom. The third-order valence-electron chi connectivity index (χ3n) is 2.45. The third-order valence-corrected chi connectivity index (χ3v) is 3.37. The Morgan fingerprint density at radius 3 is 2.50 bits per heavy atom. The topological polar surface area (TPSA) is 114 Å². The van der Waals surface area contributed by atoms with Crippen LogP contribution in [0.4, 0.5) is 0 Å². The molecule has 112 valence electrons. The molecule has 8 heteroatoms. The highest BCUT2D eigenvalue weighted by Crippen LogP contribution is 2.04. The summed E-state index contributed by atoms with van der Waals surface area (Å²) in [6.45, 7) is 3.87. The molecule has 1 rings (SSSR count). The van der Waals surface area contributed by atoms with E-state index in [1.54, 1.807) is 26.0 Å². The molecule has 7 nitrogen and oxygen atoms in total. The van der Waals surface area contributed by atoms with E-state index in [1.807, 2.05) is 0 Å². The molecule has 0 bridgehead atoms. The van der Waals surface area contributed by atoms with E-state index in [0.717, 1.165) is 11.8 Å². The van der Waals surface area contributed by atoms with Gasteiger partial charge in [0.25, 0.3) is 5.91 Å². The number of hydrogen-bond donors (Lipinski definition) is 3. The molecule has 1 aromatic rings. The fourth-order valence-electron chi connectivity index (χ4n) is 1.61. The van der Waals surface area contributed by atoms with E-state index in [9.17, 15) is 13.2 Å². The Labute approximate surface area is 119 Å². The van der Waals surface area contributed by atoms with Crippen LogP contribution in [0.1, 0.15) is 29.9 Å². The maximum atomic E-state index is 11.9. The number of nitrogens with two attached hydrogens (primary N) is 1. The second-order valence-electron chi connectivity index (χ2n) is 5.20. The molecule has 0 aliphatic carbocycles. The minimum Gasteiger partial charge on any atom is -0.349 e. The fraction of sp³-hybridized carbons (Fsp3) is 0.500. The highest BCUT2D eigenvalue weighted by molar-refractivity contribution is 7.88. The minimum atomic E-state index is -3.33. The number of nitrogens with zero attached hydrogens (tertiary/aromatic N) is 1. The Morgan fingerprint density at radius 2 is 2.05 bits per heavy atom. The number of aromatic nitrogens is 1. The Bertz CT molecular complexity index is 567. The smallest absolute Gasteiger partial charge is 0.269 e. The van der Waals surface area contributed by atoms with Gasteiger partial charge in [-0.3, -0.25) is 9.78 Å². The predicted octanol–water partition coefficient (Wildman–Crippen LogP) is -0.402. The van der Waals surface area contributed by atoms with Crippen molar-refractivity contribution in [2.75, 3.05) is 12.8 Å². The van der Waals surface area contributed by atoms with Crippen LogP contribution in [0, 0.1) is 0 Å². The van der Waals surface area contributed by atoms with E-state index in [0.29, 0.717) is 6.54 Å². The minimum absolute atomic E-state index is 0.152. The largest absolute Gasteiger partial charge is 0.349 e. The number of hydrogen-bond acceptors (Lipinski definition) is 5. The first-order chi connectivity index (χ1) is 9.13. The molecule has 0 fully saturated rings. The molecule has 0 spiro atoms. The van der Waals surface area contributed by atoms with E-state index >= 15 is 0 Å². The number of pyridine rings is 1. The van der Waals surface area contributed by atoms with Crippen molar-refractivity contribution in [3.05, 3.63) is 29.6 Å². The van der Waals surface area contributed by atoms with Gasteiger partial charge in [0.1, 0.15) is 5.69 Å². The van der Waals surface area contributed by atoms with E-state index in [4.69, 9.17) is 5.73 Å².